The van der Waals surface area contributed by atoms with Gasteiger partial charge < -0.3 is 28.0 Å². The first kappa shape index (κ1) is 45.7. The number of rotatable bonds is 8. The minimum Gasteiger partial charge on any atom is -0.456 e. The van der Waals surface area contributed by atoms with E-state index in [1.165, 1.54) is 27.5 Å². The van der Waals surface area contributed by atoms with Gasteiger partial charge >= 0.3 is 0 Å². The molecule has 0 unspecified atom stereocenters. The lowest BCUT2D eigenvalue weighted by Crippen LogP contribution is -2.61. The van der Waals surface area contributed by atoms with Crippen LogP contribution < -0.4 is 31.1 Å². The van der Waals surface area contributed by atoms with Crippen LogP contribution in [0, 0.1) is 6.92 Å². The molecule has 0 amide bonds. The third-order valence-corrected chi connectivity index (χ3v) is 15.9. The average Bonchev–Trinajstić information content (AvgIpc) is 3.94. The number of aryl methyl sites for hydroxylation is 1. The first-order chi connectivity index (χ1) is 38.2. The van der Waals surface area contributed by atoms with Gasteiger partial charge in [0.2, 0.25) is 0 Å². The zero-order valence-electron chi connectivity index (χ0n) is 43.7. The molecular weight excluding hydrogens is 954 g/mol. The molecule has 78 heavy (non-hydrogen) atoms. The summed E-state index contributed by atoms with van der Waals surface area (Å²) in [6.45, 7) is 8.92. The Morgan fingerprint density at radius 3 is 1.47 bits per heavy atom. The molecule has 10 aromatic carbocycles. The second kappa shape index (κ2) is 17.7. The van der Waals surface area contributed by atoms with E-state index in [0.717, 1.165) is 118 Å². The molecule has 0 N–H and O–H groups in total. The van der Waals surface area contributed by atoms with E-state index in [1.807, 2.05) is 36.4 Å². The molecule has 0 spiro atoms. The van der Waals surface area contributed by atoms with Crippen molar-refractivity contribution < 1.29 is 13.3 Å². The van der Waals surface area contributed by atoms with Crippen LogP contribution in [0.2, 0.25) is 0 Å². The molecule has 372 valence electrons. The van der Waals surface area contributed by atoms with E-state index in [-0.39, 0.29) is 12.1 Å². The minimum absolute atomic E-state index is 0.0317. The molecular formula is C71H52BN3O3. The fraction of sp³-hybridized carbons (Fsp3) is 0.0704. The lowest BCUT2D eigenvalue weighted by atomic mass is 9.33. The van der Waals surface area contributed by atoms with Gasteiger partial charge in [-0.25, -0.2) is 0 Å². The maximum absolute atomic E-state index is 6.65. The summed E-state index contributed by atoms with van der Waals surface area (Å²) in [5, 5.41) is 3.22. The van der Waals surface area contributed by atoms with Crippen molar-refractivity contribution in [1.82, 2.24) is 0 Å². The van der Waals surface area contributed by atoms with Crippen LogP contribution in [-0.4, -0.2) is 6.71 Å². The largest absolute Gasteiger partial charge is 0.456 e. The first-order valence-electron chi connectivity index (χ1n) is 26.8. The lowest BCUT2D eigenvalue weighted by molar-refractivity contribution is 0.590. The predicted octanol–water partition coefficient (Wildman–Crippen LogP) is 18.1. The van der Waals surface area contributed by atoms with Gasteiger partial charge in [0.1, 0.15) is 34.0 Å². The second-order valence-electron chi connectivity index (χ2n) is 21.8. The topological polar surface area (TPSA) is 49.1 Å². The van der Waals surface area contributed by atoms with Crippen LogP contribution in [0.5, 0.6) is 0 Å². The molecule has 0 saturated carbocycles. The van der Waals surface area contributed by atoms with Crippen molar-refractivity contribution in [2.45, 2.75) is 33.1 Å². The number of benzene rings is 10. The van der Waals surface area contributed by atoms with E-state index in [1.54, 1.807) is 0 Å². The normalized spacial score (nSPS) is 12.8. The maximum Gasteiger partial charge on any atom is 0.252 e. The molecule has 15 rings (SSSR count). The summed E-state index contributed by atoms with van der Waals surface area (Å²) in [6.07, 6.45) is 0. The SMILES string of the molecule is Cc1ccccc1N1c2ccccc2B2c3ccc(-c4cc5ccccc5o4)cc3N(c3cccc(-c4cc5ccccc5o4)c3)c3cc(N(c4ccc(-c5cc6ccccc6o5)cc4)c4ccc(C(C)(C)C)cc4)cc1c32. The molecule has 0 bridgehead atoms. The molecule has 0 fully saturated rings. The lowest BCUT2D eigenvalue weighted by Gasteiger charge is -2.45. The third kappa shape index (κ3) is 7.48. The van der Waals surface area contributed by atoms with Crippen LogP contribution in [0.25, 0.3) is 66.9 Å². The van der Waals surface area contributed by atoms with Crippen molar-refractivity contribution in [2.75, 3.05) is 14.7 Å². The Balaban J connectivity index is 1.01. The Kier molecular flexibility index (Phi) is 10.4. The van der Waals surface area contributed by atoms with Gasteiger partial charge in [-0.1, -0.05) is 148 Å². The van der Waals surface area contributed by atoms with Crippen molar-refractivity contribution >= 4 is 107 Å². The smallest absolute Gasteiger partial charge is 0.252 e. The average molecular weight is 1010 g/mol. The van der Waals surface area contributed by atoms with E-state index < -0.39 is 0 Å². The van der Waals surface area contributed by atoms with Crippen LogP contribution in [0.4, 0.5) is 51.2 Å². The fourth-order valence-electron chi connectivity index (χ4n) is 12.1. The highest BCUT2D eigenvalue weighted by atomic mass is 16.3. The number of para-hydroxylation sites is 5. The summed E-state index contributed by atoms with van der Waals surface area (Å²) in [5.74, 6) is 2.47. The minimum atomic E-state index is -0.113. The van der Waals surface area contributed by atoms with Crippen LogP contribution >= 0.6 is 0 Å². The predicted molar refractivity (Wildman–Crippen MR) is 324 cm³/mol. The molecule has 5 heterocycles. The van der Waals surface area contributed by atoms with Gasteiger partial charge in [0.15, 0.2) is 0 Å². The summed E-state index contributed by atoms with van der Waals surface area (Å²) in [5.41, 5.74) is 21.3. The number of fused-ring (bicyclic) bond motifs is 7. The van der Waals surface area contributed by atoms with Gasteiger partial charge in [-0.2, -0.15) is 0 Å². The Morgan fingerprint density at radius 1 is 0.372 bits per heavy atom. The molecule has 0 radical (unpaired) electrons. The Bertz CT molecular complexity index is 4380. The highest BCUT2D eigenvalue weighted by molar-refractivity contribution is 7.00. The van der Waals surface area contributed by atoms with Gasteiger partial charge in [0.05, 0.1) is 5.69 Å². The van der Waals surface area contributed by atoms with Crippen molar-refractivity contribution in [1.29, 1.82) is 0 Å². The molecule has 0 atom stereocenters. The van der Waals surface area contributed by atoms with E-state index in [2.05, 4.69) is 249 Å². The van der Waals surface area contributed by atoms with Crippen molar-refractivity contribution in [3.8, 4) is 34.0 Å². The highest BCUT2D eigenvalue weighted by Gasteiger charge is 2.44. The van der Waals surface area contributed by atoms with Gasteiger partial charge in [-0.05, 0) is 155 Å². The Morgan fingerprint density at radius 2 is 0.872 bits per heavy atom. The summed E-state index contributed by atoms with van der Waals surface area (Å²) < 4.78 is 19.7. The molecule has 2 aliphatic heterocycles. The number of nitrogens with zero attached hydrogens (tertiary/aromatic N) is 3. The zero-order chi connectivity index (χ0) is 52.2. The second-order valence-corrected chi connectivity index (χ2v) is 21.8. The van der Waals surface area contributed by atoms with E-state index in [0.29, 0.717) is 0 Å². The molecule has 7 heteroatoms. The summed E-state index contributed by atoms with van der Waals surface area (Å²) in [4.78, 5) is 7.41. The first-order valence-corrected chi connectivity index (χ1v) is 26.8. The highest BCUT2D eigenvalue weighted by Crippen LogP contribution is 2.50. The molecule has 6 nitrogen and oxygen atoms in total. The zero-order valence-corrected chi connectivity index (χ0v) is 43.7. The molecule has 0 saturated heterocycles. The number of hydrogen-bond donors (Lipinski definition) is 0. The van der Waals surface area contributed by atoms with Gasteiger partial charge in [-0.3, -0.25) is 0 Å². The molecule has 13 aromatic rings. The third-order valence-electron chi connectivity index (χ3n) is 15.9. The maximum atomic E-state index is 6.65. The number of furan rings is 3. The molecule has 0 aliphatic carbocycles. The monoisotopic (exact) mass is 1010 g/mol. The number of anilines is 9. The van der Waals surface area contributed by atoms with Crippen molar-refractivity contribution in [3.63, 3.8) is 0 Å². The summed E-state index contributed by atoms with van der Waals surface area (Å²) in [6, 6.07) is 87.4. The van der Waals surface area contributed by atoms with E-state index in [4.69, 9.17) is 13.3 Å². The Hall–Kier alpha value is -9.72. The quantitative estimate of drug-likeness (QED) is 0.141. The van der Waals surface area contributed by atoms with Crippen LogP contribution in [0.3, 0.4) is 0 Å². The number of hydrogen-bond acceptors (Lipinski definition) is 6. The molecule has 2 aliphatic rings. The van der Waals surface area contributed by atoms with Crippen LogP contribution in [0.1, 0.15) is 31.9 Å². The van der Waals surface area contributed by atoms with Gasteiger partial charge in [0, 0.05) is 78.3 Å². The van der Waals surface area contributed by atoms with E-state index >= 15 is 0 Å². The summed E-state index contributed by atoms with van der Waals surface area (Å²) >= 11 is 0. The van der Waals surface area contributed by atoms with E-state index in [9.17, 15) is 0 Å². The molecule has 3 aromatic heterocycles. The standard InChI is InChI=1S/C71H52BN3O3/c1-45-16-5-10-23-59(45)75-60-24-11-9-22-57(60)72-58-37-30-51(69-42-50-19-8-14-27-66(50)78-69)39-61(58)74(55-21-15-20-47(38-55)68-41-49-18-7-13-26-65(49)77-68)62-43-56(44-63(75)70(62)72)73(54-35-31-52(32-36-54)71(2,3)4)53-33-28-46(29-34-53)67-40-48-17-6-12-25-64(48)76-67/h5-44H,1-4H3. The van der Waals surface area contributed by atoms with Crippen molar-refractivity contribution in [2.24, 2.45) is 0 Å². The Labute approximate surface area is 453 Å². The fourth-order valence-corrected chi connectivity index (χ4v) is 12.1. The van der Waals surface area contributed by atoms with Gasteiger partial charge in [0.25, 0.3) is 6.71 Å². The van der Waals surface area contributed by atoms with Gasteiger partial charge in [-0.15, -0.1) is 0 Å². The van der Waals surface area contributed by atoms with Crippen LogP contribution in [0.15, 0.2) is 256 Å². The van der Waals surface area contributed by atoms with Crippen LogP contribution in [-0.2, 0) is 5.41 Å². The summed E-state index contributed by atoms with van der Waals surface area (Å²) in [7, 11) is 0. The van der Waals surface area contributed by atoms with Crippen molar-refractivity contribution in [3.05, 3.63) is 254 Å².